The minimum absolute atomic E-state index is 0.224. The number of nitrogens with one attached hydrogen (secondary N) is 1. The molecule has 1 saturated heterocycles. The van der Waals surface area contributed by atoms with E-state index >= 15 is 0 Å². The van der Waals surface area contributed by atoms with Gasteiger partial charge in [-0.05, 0) is 24.8 Å². The number of hydrogen-bond donors (Lipinski definition) is 2. The van der Waals surface area contributed by atoms with Crippen LogP contribution in [-0.2, 0) is 13.6 Å². The molecule has 8 heteroatoms. The van der Waals surface area contributed by atoms with Crippen LogP contribution in [0.25, 0.3) is 0 Å². The molecule has 0 radical (unpaired) electrons. The third kappa shape index (κ3) is 3.77. The maximum Gasteiger partial charge on any atom is 0.134 e. The van der Waals surface area contributed by atoms with E-state index in [-0.39, 0.29) is 6.61 Å². The number of aromatic nitrogens is 3. The number of rotatable bonds is 5. The summed E-state index contributed by atoms with van der Waals surface area (Å²) in [5.74, 6) is 1.95. The third-order valence-corrected chi connectivity index (χ3v) is 5.26. The average molecular weight is 370 g/mol. The van der Waals surface area contributed by atoms with Crippen molar-refractivity contribution >= 4 is 34.8 Å². The van der Waals surface area contributed by atoms with Gasteiger partial charge >= 0.3 is 0 Å². The Labute approximate surface area is 151 Å². The minimum Gasteiger partial charge on any atom is -0.396 e. The second kappa shape index (κ2) is 7.59. The van der Waals surface area contributed by atoms with Crippen LogP contribution < -0.4 is 10.2 Å². The van der Waals surface area contributed by atoms with Gasteiger partial charge in [0, 0.05) is 38.5 Å². The van der Waals surface area contributed by atoms with Crippen molar-refractivity contribution < 1.29 is 5.11 Å². The van der Waals surface area contributed by atoms with Crippen LogP contribution in [0.5, 0.6) is 0 Å². The zero-order valence-electron chi connectivity index (χ0n) is 13.5. The highest BCUT2D eigenvalue weighted by Gasteiger charge is 2.20. The van der Waals surface area contributed by atoms with Gasteiger partial charge in [-0.25, -0.2) is 9.97 Å². The second-order valence-electron chi connectivity index (χ2n) is 6.09. The molecule has 2 aromatic rings. The summed E-state index contributed by atoms with van der Waals surface area (Å²) in [4.78, 5) is 10.8. The van der Waals surface area contributed by atoms with Gasteiger partial charge in [0.25, 0.3) is 0 Å². The highest BCUT2D eigenvalue weighted by atomic mass is 35.5. The summed E-state index contributed by atoms with van der Waals surface area (Å²) in [5.41, 5.74) is 0.975. The second-order valence-corrected chi connectivity index (χ2v) is 6.85. The molecular weight excluding hydrogens is 349 g/mol. The lowest BCUT2D eigenvalue weighted by Crippen LogP contribution is -2.37. The molecule has 1 fully saturated rings. The van der Waals surface area contributed by atoms with Gasteiger partial charge in [-0.3, -0.25) is 0 Å². The van der Waals surface area contributed by atoms with Gasteiger partial charge < -0.3 is 19.9 Å². The van der Waals surface area contributed by atoms with Crippen molar-refractivity contribution in [1.29, 1.82) is 0 Å². The number of aliphatic hydroxyl groups excluding tert-OH is 1. The number of aliphatic hydroxyl groups is 1. The van der Waals surface area contributed by atoms with Crippen molar-refractivity contribution in [3.63, 3.8) is 0 Å². The summed E-state index contributed by atoms with van der Waals surface area (Å²) in [6.07, 6.45) is 3.70. The molecule has 2 aromatic heterocycles. The van der Waals surface area contributed by atoms with Crippen LogP contribution in [0.15, 0.2) is 18.5 Å². The van der Waals surface area contributed by atoms with Gasteiger partial charge in [0.1, 0.15) is 23.1 Å². The Morgan fingerprint density at radius 3 is 2.88 bits per heavy atom. The van der Waals surface area contributed by atoms with Crippen molar-refractivity contribution in [3.8, 4) is 0 Å². The lowest BCUT2D eigenvalue weighted by atomic mass is 9.99. The third-order valence-electron chi connectivity index (χ3n) is 4.42. The first kappa shape index (κ1) is 17.3. The summed E-state index contributed by atoms with van der Waals surface area (Å²) >= 11 is 12.1. The van der Waals surface area contributed by atoms with Gasteiger partial charge in [-0.15, -0.1) is 0 Å². The fraction of sp³-hybridized carbons (Fsp3) is 0.500. The van der Waals surface area contributed by atoms with E-state index in [4.69, 9.17) is 23.2 Å². The molecule has 3 heterocycles. The first-order chi connectivity index (χ1) is 11.6. The summed E-state index contributed by atoms with van der Waals surface area (Å²) in [7, 11) is 1.87. The molecule has 3 rings (SSSR count). The monoisotopic (exact) mass is 369 g/mol. The largest absolute Gasteiger partial charge is 0.396 e. The zero-order chi connectivity index (χ0) is 17.1. The van der Waals surface area contributed by atoms with Crippen molar-refractivity contribution in [2.24, 2.45) is 13.0 Å². The molecule has 0 spiro atoms. The fourth-order valence-corrected chi connectivity index (χ4v) is 3.39. The number of anilines is 2. The van der Waals surface area contributed by atoms with Crippen LogP contribution in [0.2, 0.25) is 10.2 Å². The Morgan fingerprint density at radius 1 is 1.33 bits per heavy atom. The maximum absolute atomic E-state index is 9.38. The molecule has 0 aliphatic carbocycles. The first-order valence-corrected chi connectivity index (χ1v) is 8.75. The molecule has 130 valence electrons. The van der Waals surface area contributed by atoms with E-state index < -0.39 is 0 Å². The van der Waals surface area contributed by atoms with Crippen LogP contribution in [0, 0.1) is 5.92 Å². The molecule has 2 N–H and O–H groups in total. The summed E-state index contributed by atoms with van der Waals surface area (Å²) < 4.78 is 1.84. The molecule has 0 aromatic carbocycles. The van der Waals surface area contributed by atoms with Gasteiger partial charge in [0.15, 0.2) is 0 Å². The van der Waals surface area contributed by atoms with Gasteiger partial charge in [-0.1, -0.05) is 23.2 Å². The summed E-state index contributed by atoms with van der Waals surface area (Å²) in [6.45, 7) is 2.58. The Hall–Kier alpha value is -1.50. The molecule has 24 heavy (non-hydrogen) atoms. The Bertz CT molecular complexity index is 706. The SMILES string of the molecule is Cn1c(CNc2cc(N3CCCC(CO)C3)ncn2)cc(Cl)c1Cl. The van der Waals surface area contributed by atoms with Crippen LogP contribution in [0.3, 0.4) is 0 Å². The van der Waals surface area contributed by atoms with Gasteiger partial charge in [-0.2, -0.15) is 0 Å². The van der Waals surface area contributed by atoms with Crippen LogP contribution in [-0.4, -0.2) is 39.3 Å². The minimum atomic E-state index is 0.224. The molecule has 1 atom stereocenters. The molecule has 0 bridgehead atoms. The number of nitrogens with zero attached hydrogens (tertiary/aromatic N) is 4. The highest BCUT2D eigenvalue weighted by molar-refractivity contribution is 6.41. The topological polar surface area (TPSA) is 66.2 Å². The average Bonchev–Trinajstić information content (AvgIpc) is 2.87. The van der Waals surface area contributed by atoms with E-state index in [2.05, 4.69) is 20.2 Å². The van der Waals surface area contributed by atoms with Crippen molar-refractivity contribution in [3.05, 3.63) is 34.3 Å². The van der Waals surface area contributed by atoms with Crippen molar-refractivity contribution in [2.45, 2.75) is 19.4 Å². The standard InChI is InChI=1S/C16H21Cl2N5O/c1-22-12(5-13(17)16(22)18)7-19-14-6-15(21-10-20-14)23-4-2-3-11(8-23)9-24/h5-6,10-11,24H,2-4,7-9H2,1H3,(H,19,20,21). The molecule has 0 amide bonds. The first-order valence-electron chi connectivity index (χ1n) is 7.99. The smallest absolute Gasteiger partial charge is 0.134 e. The van der Waals surface area contributed by atoms with Gasteiger partial charge in [0.2, 0.25) is 0 Å². The number of hydrogen-bond acceptors (Lipinski definition) is 5. The predicted molar refractivity (Wildman–Crippen MR) is 96.8 cm³/mol. The lowest BCUT2D eigenvalue weighted by molar-refractivity contribution is 0.208. The normalized spacial score (nSPS) is 18.0. The van der Waals surface area contributed by atoms with Crippen LogP contribution >= 0.6 is 23.2 Å². The zero-order valence-corrected chi connectivity index (χ0v) is 15.1. The summed E-state index contributed by atoms with van der Waals surface area (Å²) in [6, 6.07) is 3.78. The van der Waals surface area contributed by atoms with Crippen molar-refractivity contribution in [2.75, 3.05) is 29.9 Å². The Balaban J connectivity index is 1.68. The highest BCUT2D eigenvalue weighted by Crippen LogP contribution is 2.26. The molecule has 6 nitrogen and oxygen atoms in total. The fourth-order valence-electron chi connectivity index (χ4n) is 2.98. The Kier molecular flexibility index (Phi) is 5.48. The van der Waals surface area contributed by atoms with E-state index in [1.54, 1.807) is 6.33 Å². The van der Waals surface area contributed by atoms with E-state index in [1.807, 2.05) is 23.7 Å². The molecule has 1 aliphatic heterocycles. The van der Waals surface area contributed by atoms with Crippen molar-refractivity contribution in [1.82, 2.24) is 14.5 Å². The van der Waals surface area contributed by atoms with Crippen LogP contribution in [0.4, 0.5) is 11.6 Å². The van der Waals surface area contributed by atoms with Gasteiger partial charge in [0.05, 0.1) is 11.6 Å². The summed E-state index contributed by atoms with van der Waals surface area (Å²) in [5, 5.41) is 13.7. The maximum atomic E-state index is 9.38. The number of piperidine rings is 1. The molecule has 1 unspecified atom stereocenters. The van der Waals surface area contributed by atoms with Crippen LogP contribution in [0.1, 0.15) is 18.5 Å². The molecular formula is C16H21Cl2N5O. The number of halogens is 2. The Morgan fingerprint density at radius 2 is 2.17 bits per heavy atom. The van der Waals surface area contributed by atoms with E-state index in [1.165, 1.54) is 0 Å². The van der Waals surface area contributed by atoms with E-state index in [0.717, 1.165) is 43.3 Å². The molecule has 1 aliphatic rings. The predicted octanol–water partition coefficient (Wildman–Crippen LogP) is 2.94. The molecule has 0 saturated carbocycles. The van der Waals surface area contributed by atoms with E-state index in [9.17, 15) is 5.11 Å². The quantitative estimate of drug-likeness (QED) is 0.847. The van der Waals surface area contributed by atoms with E-state index in [0.29, 0.717) is 22.6 Å². The lowest BCUT2D eigenvalue weighted by Gasteiger charge is -2.32.